The second kappa shape index (κ2) is 2.34. The molecular formula is C10H11Br. The van der Waals surface area contributed by atoms with Crippen LogP contribution in [0.15, 0.2) is 28.7 Å². The van der Waals surface area contributed by atoms with Crippen LogP contribution in [0.2, 0.25) is 0 Å². The van der Waals surface area contributed by atoms with Crippen LogP contribution in [-0.4, -0.2) is 0 Å². The second-order valence-electron chi connectivity index (χ2n) is 3.54. The first-order valence-electron chi connectivity index (χ1n) is 3.97. The van der Waals surface area contributed by atoms with E-state index in [4.69, 9.17) is 0 Å². The van der Waals surface area contributed by atoms with Gasteiger partial charge in [0.05, 0.1) is 0 Å². The molecule has 0 N–H and O–H groups in total. The molecule has 58 valence electrons. The van der Waals surface area contributed by atoms with Crippen molar-refractivity contribution < 1.29 is 0 Å². The molecule has 2 rings (SSSR count). The number of benzene rings is 1. The molecule has 0 aliphatic heterocycles. The molecule has 1 aromatic carbocycles. The summed E-state index contributed by atoms with van der Waals surface area (Å²) < 4.78 is 1.26. The summed E-state index contributed by atoms with van der Waals surface area (Å²) in [6, 6.07) is 8.53. The standard InChI is InChI=1S/C10H11Br/c1-10(6-7-10)8-4-2-3-5-9(8)11/h2-5H,6-7H2,1H3. The van der Waals surface area contributed by atoms with Crippen LogP contribution in [-0.2, 0) is 5.41 Å². The zero-order valence-corrected chi connectivity index (χ0v) is 8.19. The first-order valence-corrected chi connectivity index (χ1v) is 4.77. The van der Waals surface area contributed by atoms with Crippen LogP contribution in [0, 0.1) is 0 Å². The highest BCUT2D eigenvalue weighted by molar-refractivity contribution is 9.10. The van der Waals surface area contributed by atoms with Gasteiger partial charge in [-0.3, -0.25) is 0 Å². The average Bonchev–Trinajstić information content (AvgIpc) is 2.70. The van der Waals surface area contributed by atoms with E-state index in [1.807, 2.05) is 0 Å². The van der Waals surface area contributed by atoms with E-state index in [1.165, 1.54) is 22.9 Å². The van der Waals surface area contributed by atoms with Gasteiger partial charge < -0.3 is 0 Å². The average molecular weight is 211 g/mol. The van der Waals surface area contributed by atoms with Crippen molar-refractivity contribution in [3.63, 3.8) is 0 Å². The fraction of sp³-hybridized carbons (Fsp3) is 0.400. The quantitative estimate of drug-likeness (QED) is 0.666. The highest BCUT2D eigenvalue weighted by atomic mass is 79.9. The Balaban J connectivity index is 2.45. The van der Waals surface area contributed by atoms with E-state index < -0.39 is 0 Å². The normalized spacial score (nSPS) is 19.8. The summed E-state index contributed by atoms with van der Waals surface area (Å²) in [4.78, 5) is 0. The number of hydrogen-bond donors (Lipinski definition) is 0. The summed E-state index contributed by atoms with van der Waals surface area (Å²) in [7, 11) is 0. The first-order chi connectivity index (χ1) is 5.22. The lowest BCUT2D eigenvalue weighted by molar-refractivity contribution is 0.783. The van der Waals surface area contributed by atoms with Crippen molar-refractivity contribution in [1.29, 1.82) is 0 Å². The maximum absolute atomic E-state index is 3.57. The molecule has 1 aliphatic carbocycles. The van der Waals surface area contributed by atoms with Crippen molar-refractivity contribution in [1.82, 2.24) is 0 Å². The van der Waals surface area contributed by atoms with Gasteiger partial charge in [-0.2, -0.15) is 0 Å². The predicted octanol–water partition coefficient (Wildman–Crippen LogP) is 3.50. The van der Waals surface area contributed by atoms with Crippen LogP contribution in [0.3, 0.4) is 0 Å². The predicted molar refractivity (Wildman–Crippen MR) is 50.7 cm³/mol. The Morgan fingerprint density at radius 1 is 1.27 bits per heavy atom. The van der Waals surface area contributed by atoms with Gasteiger partial charge in [-0.05, 0) is 29.9 Å². The molecule has 0 saturated heterocycles. The summed E-state index contributed by atoms with van der Waals surface area (Å²) in [5.74, 6) is 0. The Morgan fingerprint density at radius 2 is 1.91 bits per heavy atom. The lowest BCUT2D eigenvalue weighted by Gasteiger charge is -2.09. The van der Waals surface area contributed by atoms with Gasteiger partial charge >= 0.3 is 0 Å². The van der Waals surface area contributed by atoms with Crippen molar-refractivity contribution in [2.45, 2.75) is 25.2 Å². The van der Waals surface area contributed by atoms with Crippen LogP contribution < -0.4 is 0 Å². The molecule has 0 heterocycles. The lowest BCUT2D eigenvalue weighted by atomic mass is 9.99. The zero-order chi connectivity index (χ0) is 7.90. The van der Waals surface area contributed by atoms with Crippen LogP contribution >= 0.6 is 15.9 Å². The third-order valence-corrected chi connectivity index (χ3v) is 3.22. The molecule has 0 spiro atoms. The summed E-state index contributed by atoms with van der Waals surface area (Å²) in [5.41, 5.74) is 1.96. The molecule has 1 aromatic rings. The van der Waals surface area contributed by atoms with Crippen molar-refractivity contribution in [2.75, 3.05) is 0 Å². The van der Waals surface area contributed by atoms with Crippen molar-refractivity contribution in [2.24, 2.45) is 0 Å². The van der Waals surface area contributed by atoms with E-state index in [-0.39, 0.29) is 0 Å². The largest absolute Gasteiger partial charge is 0.0619 e. The molecule has 0 atom stereocenters. The fourth-order valence-corrected chi connectivity index (χ4v) is 2.17. The summed E-state index contributed by atoms with van der Waals surface area (Å²) in [6.45, 7) is 2.33. The molecule has 1 heteroatoms. The van der Waals surface area contributed by atoms with Gasteiger partial charge in [0.2, 0.25) is 0 Å². The van der Waals surface area contributed by atoms with Gasteiger partial charge in [0.25, 0.3) is 0 Å². The van der Waals surface area contributed by atoms with Crippen molar-refractivity contribution >= 4 is 15.9 Å². The van der Waals surface area contributed by atoms with Gasteiger partial charge in [-0.1, -0.05) is 41.1 Å². The minimum atomic E-state index is 0.486. The first kappa shape index (κ1) is 7.35. The van der Waals surface area contributed by atoms with Gasteiger partial charge in [0, 0.05) is 4.47 Å². The minimum absolute atomic E-state index is 0.486. The number of hydrogen-bond acceptors (Lipinski definition) is 0. The molecule has 0 aromatic heterocycles. The van der Waals surface area contributed by atoms with Gasteiger partial charge in [-0.15, -0.1) is 0 Å². The topological polar surface area (TPSA) is 0 Å². The van der Waals surface area contributed by atoms with E-state index in [0.29, 0.717) is 5.41 Å². The molecular weight excluding hydrogens is 200 g/mol. The molecule has 0 nitrogen and oxygen atoms in total. The van der Waals surface area contributed by atoms with Crippen molar-refractivity contribution in [3.8, 4) is 0 Å². The Labute approximate surface area is 75.8 Å². The molecule has 1 aliphatic rings. The minimum Gasteiger partial charge on any atom is -0.0619 e. The van der Waals surface area contributed by atoms with Crippen LogP contribution in [0.4, 0.5) is 0 Å². The number of rotatable bonds is 1. The molecule has 0 unspecified atom stereocenters. The van der Waals surface area contributed by atoms with E-state index in [0.717, 1.165) is 0 Å². The third kappa shape index (κ3) is 1.22. The molecule has 11 heavy (non-hydrogen) atoms. The summed E-state index contributed by atoms with van der Waals surface area (Å²) >= 11 is 3.57. The van der Waals surface area contributed by atoms with Gasteiger partial charge in [0.1, 0.15) is 0 Å². The second-order valence-corrected chi connectivity index (χ2v) is 4.39. The monoisotopic (exact) mass is 210 g/mol. The molecule has 1 fully saturated rings. The van der Waals surface area contributed by atoms with E-state index in [9.17, 15) is 0 Å². The van der Waals surface area contributed by atoms with Gasteiger partial charge in [-0.25, -0.2) is 0 Å². The van der Waals surface area contributed by atoms with Gasteiger partial charge in [0.15, 0.2) is 0 Å². The Morgan fingerprint density at radius 3 is 2.45 bits per heavy atom. The lowest BCUT2D eigenvalue weighted by Crippen LogP contribution is -1.99. The molecule has 1 saturated carbocycles. The van der Waals surface area contributed by atoms with Crippen LogP contribution in [0.1, 0.15) is 25.3 Å². The highest BCUT2D eigenvalue weighted by Crippen LogP contribution is 2.49. The van der Waals surface area contributed by atoms with Crippen LogP contribution in [0.5, 0.6) is 0 Å². The Hall–Kier alpha value is -0.300. The maximum atomic E-state index is 3.57. The number of halogens is 1. The van der Waals surface area contributed by atoms with E-state index in [1.54, 1.807) is 0 Å². The Kier molecular flexibility index (Phi) is 1.57. The maximum Gasteiger partial charge on any atom is 0.0212 e. The van der Waals surface area contributed by atoms with Crippen LogP contribution in [0.25, 0.3) is 0 Å². The molecule has 0 radical (unpaired) electrons. The molecule has 0 amide bonds. The third-order valence-electron chi connectivity index (χ3n) is 2.52. The van der Waals surface area contributed by atoms with E-state index >= 15 is 0 Å². The summed E-state index contributed by atoms with van der Waals surface area (Å²) in [5, 5.41) is 0. The molecule has 0 bridgehead atoms. The zero-order valence-electron chi connectivity index (χ0n) is 6.60. The smallest absolute Gasteiger partial charge is 0.0212 e. The highest BCUT2D eigenvalue weighted by Gasteiger charge is 2.39. The SMILES string of the molecule is CC1(c2ccccc2Br)CC1. The van der Waals surface area contributed by atoms with Crippen molar-refractivity contribution in [3.05, 3.63) is 34.3 Å². The Bertz CT molecular complexity index is 274. The summed E-state index contributed by atoms with van der Waals surface area (Å²) in [6.07, 6.45) is 2.69. The fourth-order valence-electron chi connectivity index (χ4n) is 1.41. The van der Waals surface area contributed by atoms with E-state index in [2.05, 4.69) is 47.1 Å².